The number of carbonyl (C=O) groups excluding carboxylic acids is 1. The Morgan fingerprint density at radius 2 is 1.53 bits per heavy atom. The number of nitrogens with one attached hydrogen (secondary N) is 1. The molecule has 1 N–H and O–H groups in total. The quantitative estimate of drug-likeness (QED) is 0.603. The van der Waals surface area contributed by atoms with Gasteiger partial charge in [0.2, 0.25) is 11.7 Å². The molecule has 32 heavy (non-hydrogen) atoms. The van der Waals surface area contributed by atoms with E-state index in [0.29, 0.717) is 40.7 Å². The Morgan fingerprint density at radius 1 is 1.00 bits per heavy atom. The summed E-state index contributed by atoms with van der Waals surface area (Å²) in [6, 6.07) is 8.93. The van der Waals surface area contributed by atoms with Crippen LogP contribution >= 0.6 is 11.6 Å². The van der Waals surface area contributed by atoms with Crippen molar-refractivity contribution in [2.24, 2.45) is 0 Å². The zero-order valence-corrected chi connectivity index (χ0v) is 20.2. The molecule has 0 spiro atoms. The minimum atomic E-state index is -3.92. The number of hydrogen-bond acceptors (Lipinski definition) is 6. The normalized spacial score (nSPS) is 16.3. The first-order valence-corrected chi connectivity index (χ1v) is 12.2. The second kappa shape index (κ2) is 9.58. The van der Waals surface area contributed by atoms with Gasteiger partial charge in [-0.3, -0.25) is 4.79 Å². The Bertz CT molecular complexity index is 1050. The average Bonchev–Trinajstić information content (AvgIpc) is 3.30. The Hall–Kier alpha value is -2.45. The van der Waals surface area contributed by atoms with Crippen LogP contribution in [0.25, 0.3) is 0 Å². The molecule has 2 aromatic carbocycles. The summed E-state index contributed by atoms with van der Waals surface area (Å²) in [5.74, 6) is 0.834. The monoisotopic (exact) mass is 481 g/mol. The molecule has 1 aliphatic carbocycles. The van der Waals surface area contributed by atoms with Gasteiger partial charge in [-0.15, -0.1) is 0 Å². The molecule has 2 aromatic rings. The number of methoxy groups -OCH3 is 3. The number of rotatable bonds is 8. The molecule has 1 unspecified atom stereocenters. The lowest BCUT2D eigenvalue weighted by atomic mass is 10.0. The van der Waals surface area contributed by atoms with E-state index in [1.807, 2.05) is 0 Å². The van der Waals surface area contributed by atoms with Crippen LogP contribution in [0.4, 0.5) is 0 Å². The van der Waals surface area contributed by atoms with E-state index >= 15 is 0 Å². The third kappa shape index (κ3) is 4.26. The fourth-order valence-electron chi connectivity index (χ4n) is 4.17. The van der Waals surface area contributed by atoms with E-state index in [2.05, 4.69) is 5.32 Å². The van der Waals surface area contributed by atoms with Gasteiger partial charge in [-0.1, -0.05) is 24.4 Å². The van der Waals surface area contributed by atoms with E-state index in [4.69, 9.17) is 25.8 Å². The first kappa shape index (κ1) is 24.2. The highest BCUT2D eigenvalue weighted by Gasteiger charge is 2.53. The largest absolute Gasteiger partial charge is 0.493 e. The van der Waals surface area contributed by atoms with E-state index in [1.54, 1.807) is 19.1 Å². The maximum atomic E-state index is 13.6. The number of sulfone groups is 1. The summed E-state index contributed by atoms with van der Waals surface area (Å²) in [5, 5.41) is 3.35. The predicted molar refractivity (Wildman–Crippen MR) is 122 cm³/mol. The Morgan fingerprint density at radius 3 is 2.00 bits per heavy atom. The van der Waals surface area contributed by atoms with Gasteiger partial charge >= 0.3 is 0 Å². The van der Waals surface area contributed by atoms with Crippen LogP contribution in [0.2, 0.25) is 5.02 Å². The first-order valence-electron chi connectivity index (χ1n) is 10.3. The van der Waals surface area contributed by atoms with Crippen molar-refractivity contribution in [1.82, 2.24) is 5.32 Å². The maximum absolute atomic E-state index is 13.6. The molecule has 1 fully saturated rings. The van der Waals surface area contributed by atoms with E-state index in [9.17, 15) is 13.2 Å². The number of halogens is 1. The minimum Gasteiger partial charge on any atom is -0.493 e. The molecule has 174 valence electrons. The fraction of sp³-hybridized carbons (Fsp3) is 0.435. The SMILES string of the molecule is COc1cc(C(C)NC(=O)C2(S(=O)(=O)c3ccc(Cl)cc3)CCCC2)cc(OC)c1OC. The van der Waals surface area contributed by atoms with E-state index in [0.717, 1.165) is 0 Å². The van der Waals surface area contributed by atoms with Crippen molar-refractivity contribution in [3.63, 3.8) is 0 Å². The highest BCUT2D eigenvalue weighted by Crippen LogP contribution is 2.43. The second-order valence-corrected chi connectivity index (χ2v) is 10.5. The van der Waals surface area contributed by atoms with Crippen molar-refractivity contribution < 1.29 is 27.4 Å². The van der Waals surface area contributed by atoms with E-state index in [1.165, 1.54) is 45.6 Å². The van der Waals surface area contributed by atoms with Crippen LogP contribution in [0.1, 0.15) is 44.2 Å². The molecule has 1 atom stereocenters. The van der Waals surface area contributed by atoms with Gasteiger partial charge in [0, 0.05) is 5.02 Å². The number of ether oxygens (including phenoxy) is 3. The van der Waals surface area contributed by atoms with Crippen molar-refractivity contribution in [2.75, 3.05) is 21.3 Å². The molecule has 0 radical (unpaired) electrons. The molecule has 0 aliphatic heterocycles. The molecule has 7 nitrogen and oxygen atoms in total. The molecule has 0 bridgehead atoms. The van der Waals surface area contributed by atoms with Crippen molar-refractivity contribution in [2.45, 2.75) is 48.3 Å². The summed E-state index contributed by atoms with van der Waals surface area (Å²) in [7, 11) is 0.611. The van der Waals surface area contributed by atoms with Crippen LogP contribution in [0.15, 0.2) is 41.3 Å². The zero-order chi connectivity index (χ0) is 23.5. The third-order valence-electron chi connectivity index (χ3n) is 6.00. The van der Waals surface area contributed by atoms with E-state index in [-0.39, 0.29) is 17.7 Å². The van der Waals surface area contributed by atoms with Gasteiger partial charge in [0.1, 0.15) is 0 Å². The van der Waals surface area contributed by atoms with Crippen LogP contribution < -0.4 is 19.5 Å². The van der Waals surface area contributed by atoms with Gasteiger partial charge in [-0.05, 0) is 61.7 Å². The van der Waals surface area contributed by atoms with Gasteiger partial charge in [-0.25, -0.2) is 8.42 Å². The lowest BCUT2D eigenvalue weighted by Gasteiger charge is -2.29. The number of amides is 1. The van der Waals surface area contributed by atoms with Crippen LogP contribution in [0.3, 0.4) is 0 Å². The standard InChI is InChI=1S/C23H28ClNO6S/c1-15(16-13-19(29-2)21(31-4)20(14-16)30-3)25-22(26)23(11-5-6-12-23)32(27,28)18-9-7-17(24)8-10-18/h7-10,13-15H,5-6,11-12H2,1-4H3,(H,25,26). The van der Waals surface area contributed by atoms with Gasteiger partial charge in [0.05, 0.1) is 32.3 Å². The summed E-state index contributed by atoms with van der Waals surface area (Å²) in [5.41, 5.74) is 0.699. The van der Waals surface area contributed by atoms with Crippen molar-refractivity contribution in [3.05, 3.63) is 47.0 Å². The van der Waals surface area contributed by atoms with Crippen LogP contribution in [0.5, 0.6) is 17.2 Å². The summed E-state index contributed by atoms with van der Waals surface area (Å²) < 4.78 is 41.7. The predicted octanol–water partition coefficient (Wildman–Crippen LogP) is 4.33. The van der Waals surface area contributed by atoms with Crippen LogP contribution in [0, 0.1) is 0 Å². The highest BCUT2D eigenvalue weighted by atomic mass is 35.5. The summed E-state index contributed by atoms with van der Waals surface area (Å²) in [6.45, 7) is 1.79. The van der Waals surface area contributed by atoms with Crippen molar-refractivity contribution >= 4 is 27.3 Å². The Kier molecular flexibility index (Phi) is 7.25. The first-order chi connectivity index (χ1) is 15.2. The molecule has 1 amide bonds. The number of hydrogen-bond donors (Lipinski definition) is 1. The smallest absolute Gasteiger partial charge is 0.242 e. The molecule has 9 heteroatoms. The number of benzene rings is 2. The molecule has 1 aliphatic rings. The topological polar surface area (TPSA) is 90.9 Å². The van der Waals surface area contributed by atoms with Gasteiger partial charge < -0.3 is 19.5 Å². The minimum absolute atomic E-state index is 0.0967. The molecular weight excluding hydrogens is 454 g/mol. The van der Waals surface area contributed by atoms with E-state index < -0.39 is 26.5 Å². The molecule has 1 saturated carbocycles. The second-order valence-electron chi connectivity index (χ2n) is 7.81. The molecule has 3 rings (SSSR count). The van der Waals surface area contributed by atoms with Crippen LogP contribution in [-0.4, -0.2) is 40.4 Å². The fourth-order valence-corrected chi connectivity index (χ4v) is 6.37. The van der Waals surface area contributed by atoms with Gasteiger partial charge in [-0.2, -0.15) is 0 Å². The lowest BCUT2D eigenvalue weighted by Crippen LogP contribution is -2.51. The third-order valence-corrected chi connectivity index (χ3v) is 8.77. The van der Waals surface area contributed by atoms with Gasteiger partial charge in [0.25, 0.3) is 0 Å². The Balaban J connectivity index is 1.94. The summed E-state index contributed by atoms with van der Waals surface area (Å²) >= 11 is 5.92. The number of carbonyl (C=O) groups is 1. The summed E-state index contributed by atoms with van der Waals surface area (Å²) in [4.78, 5) is 13.6. The molecule has 0 saturated heterocycles. The van der Waals surface area contributed by atoms with Crippen molar-refractivity contribution in [3.8, 4) is 17.2 Å². The zero-order valence-electron chi connectivity index (χ0n) is 18.6. The molecular formula is C23H28ClNO6S. The Labute approximate surface area is 193 Å². The van der Waals surface area contributed by atoms with Crippen molar-refractivity contribution in [1.29, 1.82) is 0 Å². The van der Waals surface area contributed by atoms with Gasteiger partial charge in [0.15, 0.2) is 26.1 Å². The maximum Gasteiger partial charge on any atom is 0.242 e. The average molecular weight is 482 g/mol. The van der Waals surface area contributed by atoms with Crippen LogP contribution in [-0.2, 0) is 14.6 Å². The molecule has 0 aromatic heterocycles. The molecule has 0 heterocycles. The lowest BCUT2D eigenvalue weighted by molar-refractivity contribution is -0.124. The summed E-state index contributed by atoms with van der Waals surface area (Å²) in [6.07, 6.45) is 1.87. The highest BCUT2D eigenvalue weighted by molar-refractivity contribution is 7.93.